The van der Waals surface area contributed by atoms with Gasteiger partial charge in [-0.15, -0.1) is 87.4 Å². The minimum absolute atomic E-state index is 0. The van der Waals surface area contributed by atoms with Gasteiger partial charge in [-0.1, -0.05) is 376 Å². The van der Waals surface area contributed by atoms with Gasteiger partial charge in [0.1, 0.15) is 28.6 Å². The van der Waals surface area contributed by atoms with E-state index in [4.69, 9.17) is 19.4 Å². The van der Waals surface area contributed by atoms with E-state index < -0.39 is 0 Å². The molecule has 0 atom stereocenters. The molecule has 15 rings (SSSR count). The predicted octanol–water partition coefficient (Wildman–Crippen LogP) is 34.2. The molecule has 3 N–H and O–H groups in total. The molecule has 3 radical (unpaired) electrons. The first-order valence-electron chi connectivity index (χ1n) is 47.3. The molecule has 11 aromatic carbocycles. The molecule has 134 heavy (non-hydrogen) atoms. The van der Waals surface area contributed by atoms with E-state index in [0.717, 1.165) is 136 Å². The summed E-state index contributed by atoms with van der Waals surface area (Å²) in [5.74, 6) is 1.62. The Kier molecular flexibility index (Phi) is 39.3. The maximum Gasteiger partial charge on any atom is 0.164 e. The van der Waals surface area contributed by atoms with E-state index >= 15 is 0 Å². The summed E-state index contributed by atoms with van der Waals surface area (Å²) in [6, 6.07) is 87.0. The largest absolute Gasteiger partial charge is 0.512 e. The minimum Gasteiger partial charge on any atom is -0.512 e. The number of hydrogen-bond acceptors (Lipinski definition) is 10. The number of hydrogen-bond donors (Lipinski definition) is 3. The van der Waals surface area contributed by atoms with Crippen molar-refractivity contribution in [2.75, 3.05) is 0 Å². The maximum absolute atomic E-state index is 12.2. The fraction of sp³-hybridized carbons (Fsp3) is 0.355. The summed E-state index contributed by atoms with van der Waals surface area (Å²) in [5, 5.41) is 48.1. The second kappa shape index (κ2) is 47.5. The second-order valence-corrected chi connectivity index (χ2v) is 39.6. The number of pyridine rings is 3. The van der Waals surface area contributed by atoms with Crippen LogP contribution >= 0.6 is 0 Å². The van der Waals surface area contributed by atoms with Crippen LogP contribution in [-0.4, -0.2) is 47.6 Å². The number of benzene rings is 11. The molecule has 0 unspecified atom stereocenters. The number of aliphatic hydroxyl groups excluding tert-OH is 3. The Balaban J connectivity index is 0.000000223. The fourth-order valence-corrected chi connectivity index (χ4v) is 15.8. The Hall–Kier alpha value is -10.2. The van der Waals surface area contributed by atoms with Crippen LogP contribution < -0.4 is 0 Å². The third-order valence-corrected chi connectivity index (χ3v) is 28.3. The molecule has 0 fully saturated rings. The molecule has 10 nitrogen and oxygen atoms in total. The molecule has 0 amide bonds. The summed E-state index contributed by atoms with van der Waals surface area (Å²) in [4.78, 5) is 50.4. The first-order chi connectivity index (χ1) is 62.1. The second-order valence-electron chi connectivity index (χ2n) is 39.6. The molecule has 13 heteroatoms. The number of ketones is 3. The Morgan fingerprint density at radius 2 is 0.709 bits per heavy atom. The number of nitrogens with zero attached hydrogens (tertiary/aromatic N) is 3. The number of allylic oxidation sites excluding steroid dienone is 6. The first kappa shape index (κ1) is 111. The average Bonchev–Trinajstić information content (AvgIpc) is 1.22. The Labute approximate surface area is 839 Å². The zero-order valence-electron chi connectivity index (χ0n) is 83.6. The maximum atomic E-state index is 12.2. The molecule has 4 heterocycles. The molecule has 0 aliphatic heterocycles. The van der Waals surface area contributed by atoms with Crippen LogP contribution in [-0.2, 0) is 85.5 Å². The van der Waals surface area contributed by atoms with Crippen molar-refractivity contribution < 1.29 is 94.4 Å². The van der Waals surface area contributed by atoms with Crippen LogP contribution in [0.4, 0.5) is 0 Å². The number of carbonyl (C=O) groups excluding carboxylic acids is 3. The number of aromatic nitrogens is 3. The third-order valence-electron chi connectivity index (χ3n) is 28.3. The molecule has 15 aromatic rings. The van der Waals surface area contributed by atoms with E-state index in [0.29, 0.717) is 0 Å². The molecule has 0 spiro atoms. The number of aliphatic hydroxyl groups is 3. The summed E-state index contributed by atoms with van der Waals surface area (Å²) in [6.45, 7) is 51.5. The van der Waals surface area contributed by atoms with E-state index in [2.05, 4.69) is 261 Å². The Morgan fingerprint density at radius 1 is 0.328 bits per heavy atom. The van der Waals surface area contributed by atoms with Gasteiger partial charge >= 0.3 is 0 Å². The van der Waals surface area contributed by atoms with Gasteiger partial charge in [-0.2, -0.15) is 0 Å². The molecule has 0 bridgehead atoms. The van der Waals surface area contributed by atoms with Crippen LogP contribution in [0.5, 0.6) is 0 Å². The minimum atomic E-state index is -0.377. The molecular weight excluding hydrogens is 2180 g/mol. The van der Waals surface area contributed by atoms with Gasteiger partial charge in [0, 0.05) is 163 Å². The summed E-state index contributed by atoms with van der Waals surface area (Å²) in [6.07, 6.45) is 18.3. The molecule has 4 aromatic heterocycles. The van der Waals surface area contributed by atoms with Gasteiger partial charge in [-0.25, -0.2) is 0 Å². The number of furan rings is 1. The molecule has 711 valence electrons. The number of fused-ring (bicyclic) bond motifs is 10. The average molecular weight is 2330 g/mol. The molecule has 0 saturated carbocycles. The molecule has 0 saturated heterocycles. The van der Waals surface area contributed by atoms with Crippen LogP contribution in [0, 0.1) is 57.6 Å². The summed E-state index contributed by atoms with van der Waals surface area (Å²) in [5.41, 5.74) is 9.92. The van der Waals surface area contributed by atoms with E-state index in [1.807, 2.05) is 167 Å². The van der Waals surface area contributed by atoms with E-state index in [1.165, 1.54) is 94.2 Å². The smallest absolute Gasteiger partial charge is 0.164 e. The molecule has 0 aliphatic carbocycles. The zero-order chi connectivity index (χ0) is 95.8. The van der Waals surface area contributed by atoms with Gasteiger partial charge in [-0.3, -0.25) is 29.3 Å². The van der Waals surface area contributed by atoms with Crippen molar-refractivity contribution in [3.63, 3.8) is 0 Å². The van der Waals surface area contributed by atoms with Crippen molar-refractivity contribution in [3.05, 3.63) is 307 Å². The van der Waals surface area contributed by atoms with Gasteiger partial charge in [0.2, 0.25) is 0 Å². The van der Waals surface area contributed by atoms with Crippen LogP contribution in [0.2, 0.25) is 0 Å². The third kappa shape index (κ3) is 26.1. The van der Waals surface area contributed by atoms with Gasteiger partial charge in [0.05, 0.1) is 0 Å². The van der Waals surface area contributed by atoms with E-state index in [1.54, 1.807) is 0 Å². The SMILES string of the molecule is CC(C)(C)c1cc(-c2cc3ccc4ccccc4c3cn2)[c-]c2ccccc12.CC(C)(C)c1cc(-c2nccc3oc(-c4ccccc4)cc23)[c-]c2ccccc12.CCC(C)(C)C(=O)C=C(O)C(C)(C)CC.CCC(C)(CC)C(=O)C=C(O)C(C)(CC)CC.CCC(C)(CC)C(=O)C=C(O)C(C)(CC)CC.Cc1cc(-c2cc3c(ccc4ccccc43)cn2)[c-]c2ccccc12.[Ir].[Ir].[Ir]. The molecular formula is C121H140Ir3N3O7-3. The first-order valence-corrected chi connectivity index (χ1v) is 47.3. The number of rotatable bonds is 23. The van der Waals surface area contributed by atoms with E-state index in [9.17, 15) is 29.7 Å². The normalized spacial score (nSPS) is 12.4. The quantitative estimate of drug-likeness (QED) is 0.0243. The van der Waals surface area contributed by atoms with Crippen molar-refractivity contribution in [2.24, 2.45) is 32.5 Å². The van der Waals surface area contributed by atoms with Gasteiger partial charge < -0.3 is 19.7 Å². The zero-order valence-corrected chi connectivity index (χ0v) is 90.8. The van der Waals surface area contributed by atoms with Crippen molar-refractivity contribution in [1.29, 1.82) is 0 Å². The van der Waals surface area contributed by atoms with Crippen molar-refractivity contribution in [2.45, 2.75) is 248 Å². The predicted molar refractivity (Wildman–Crippen MR) is 555 cm³/mol. The summed E-state index contributed by atoms with van der Waals surface area (Å²) in [7, 11) is 0. The Morgan fingerprint density at radius 3 is 1.18 bits per heavy atom. The van der Waals surface area contributed by atoms with Crippen LogP contribution in [0.15, 0.2) is 277 Å². The van der Waals surface area contributed by atoms with Crippen LogP contribution in [0.25, 0.3) is 131 Å². The van der Waals surface area contributed by atoms with Crippen LogP contribution in [0.1, 0.15) is 247 Å². The monoisotopic (exact) mass is 2330 g/mol. The standard InChI is InChI=1S/C27H22NO.C27H22N.C24H16N.2C15H28O2.C13H24O2.3Ir/c1-27(2,3)23-16-20(15-19-11-7-8-12-21(19)23)26-22-17-25(18-9-5-4-6-10-18)29-24(22)13-14-28-26;1-27(2,3)25-15-21(14-19-9-5-7-11-23(19)25)26-16-20-13-12-18-8-4-6-10-22(18)24(20)17-28-26;1-16-12-20(13-18-7-3-4-8-21(16)18)24-14-23-19(15-25-24)11-10-17-6-2-5-9-22(17)23;2*1-7-14(5,8-2)12(16)11-13(17)15(6,9-3)10-4;1-7-12(3,4)10(14)9-11(15)13(5,6)8-2;;;/h4-14,16-17H,1-3H3;4-13,15-17H,1-3H3;2-12,14-15H,1H3;2*11,16H,7-10H2,1-6H3;9,14H,7-8H2,1-6H3;;;/q3*-1;;;;;;. The van der Waals surface area contributed by atoms with Gasteiger partial charge in [-0.05, 0) is 125 Å². The van der Waals surface area contributed by atoms with Crippen molar-refractivity contribution >= 4 is 104 Å². The fourth-order valence-electron chi connectivity index (χ4n) is 15.8. The molecule has 0 aliphatic rings. The van der Waals surface area contributed by atoms with Gasteiger partial charge in [0.25, 0.3) is 0 Å². The van der Waals surface area contributed by atoms with Gasteiger partial charge in [0.15, 0.2) is 17.3 Å². The van der Waals surface area contributed by atoms with Crippen molar-refractivity contribution in [1.82, 2.24) is 15.0 Å². The summed E-state index contributed by atoms with van der Waals surface area (Å²) >= 11 is 0. The van der Waals surface area contributed by atoms with Crippen molar-refractivity contribution in [3.8, 4) is 45.1 Å². The number of carbonyl (C=O) groups is 3. The summed E-state index contributed by atoms with van der Waals surface area (Å²) < 4.78 is 6.15. The topological polar surface area (TPSA) is 164 Å². The van der Waals surface area contributed by atoms with E-state index in [-0.39, 0.29) is 138 Å². The number of aryl methyl sites for hydroxylation is 1. The van der Waals surface area contributed by atoms with Crippen LogP contribution in [0.3, 0.4) is 0 Å². The Bertz CT molecular complexity index is 6580.